The van der Waals surface area contributed by atoms with Crippen LogP contribution < -0.4 is 4.90 Å². The van der Waals surface area contributed by atoms with Gasteiger partial charge in [-0.2, -0.15) is 0 Å². The largest absolute Gasteiger partial charge is 0.272 e. The van der Waals surface area contributed by atoms with Crippen molar-refractivity contribution in [2.75, 3.05) is 11.4 Å². The Labute approximate surface area is 90.6 Å². The highest BCUT2D eigenvalue weighted by atomic mass is 79.9. The number of amides is 1. The number of aliphatic imine (C=N–C) groups is 1. The first-order valence-corrected chi connectivity index (χ1v) is 5.07. The summed E-state index contributed by atoms with van der Waals surface area (Å²) in [6.45, 7) is 2.10. The topological polar surface area (TPSA) is 32.7 Å². The van der Waals surface area contributed by atoms with E-state index in [2.05, 4.69) is 20.9 Å². The van der Waals surface area contributed by atoms with Gasteiger partial charge in [0.25, 0.3) is 5.91 Å². The second-order valence-corrected chi connectivity index (χ2v) is 3.99. The normalized spacial score (nSPS) is 16.0. The molecule has 14 heavy (non-hydrogen) atoms. The minimum absolute atomic E-state index is 0.0283. The molecular weight excluding hydrogens is 244 g/mol. The summed E-state index contributed by atoms with van der Waals surface area (Å²) in [4.78, 5) is 17.2. The summed E-state index contributed by atoms with van der Waals surface area (Å²) in [6, 6.07) is 7.63. The Kier molecular flexibility index (Phi) is 2.37. The van der Waals surface area contributed by atoms with E-state index in [9.17, 15) is 4.79 Å². The molecule has 72 valence electrons. The maximum absolute atomic E-state index is 11.5. The Morgan fingerprint density at radius 1 is 1.50 bits per heavy atom. The molecule has 0 aliphatic carbocycles. The summed E-state index contributed by atoms with van der Waals surface area (Å²) in [7, 11) is 0. The van der Waals surface area contributed by atoms with E-state index in [1.165, 1.54) is 0 Å². The van der Waals surface area contributed by atoms with Crippen LogP contribution in [0.15, 0.2) is 33.7 Å². The van der Waals surface area contributed by atoms with Crippen molar-refractivity contribution in [2.24, 2.45) is 4.99 Å². The maximum atomic E-state index is 11.5. The number of hydrogen-bond donors (Lipinski definition) is 0. The summed E-state index contributed by atoms with van der Waals surface area (Å²) in [6.07, 6.45) is 0. The van der Waals surface area contributed by atoms with Crippen molar-refractivity contribution in [3.05, 3.63) is 28.7 Å². The van der Waals surface area contributed by atoms with Gasteiger partial charge in [-0.3, -0.25) is 14.7 Å². The molecule has 0 saturated carbocycles. The number of amidine groups is 1. The lowest BCUT2D eigenvalue weighted by Gasteiger charge is -2.16. The van der Waals surface area contributed by atoms with Gasteiger partial charge in [-0.15, -0.1) is 0 Å². The average Bonchev–Trinajstić information content (AvgIpc) is 2.46. The molecule has 4 heteroatoms. The van der Waals surface area contributed by atoms with Gasteiger partial charge in [0.15, 0.2) is 0 Å². The number of rotatable bonds is 1. The molecule has 1 heterocycles. The number of carbonyl (C=O) groups is 1. The SMILES string of the molecule is CC1=NCC(=O)N1c1cccc(Br)c1. The Morgan fingerprint density at radius 2 is 2.29 bits per heavy atom. The monoisotopic (exact) mass is 252 g/mol. The van der Waals surface area contributed by atoms with E-state index in [1.54, 1.807) is 4.90 Å². The molecule has 1 aliphatic heterocycles. The van der Waals surface area contributed by atoms with E-state index in [-0.39, 0.29) is 12.5 Å². The van der Waals surface area contributed by atoms with Crippen LogP contribution in [0.4, 0.5) is 5.69 Å². The van der Waals surface area contributed by atoms with E-state index >= 15 is 0 Å². The van der Waals surface area contributed by atoms with Gasteiger partial charge in [0.1, 0.15) is 12.4 Å². The van der Waals surface area contributed by atoms with Gasteiger partial charge >= 0.3 is 0 Å². The Hall–Kier alpha value is -1.16. The predicted octanol–water partition coefficient (Wildman–Crippen LogP) is 2.21. The van der Waals surface area contributed by atoms with Crippen LogP contribution in [0.25, 0.3) is 0 Å². The number of hydrogen-bond acceptors (Lipinski definition) is 2. The highest BCUT2D eigenvalue weighted by Crippen LogP contribution is 2.22. The van der Waals surface area contributed by atoms with Crippen LogP contribution >= 0.6 is 15.9 Å². The van der Waals surface area contributed by atoms with Gasteiger partial charge in [-0.05, 0) is 25.1 Å². The van der Waals surface area contributed by atoms with Gasteiger partial charge in [-0.1, -0.05) is 22.0 Å². The van der Waals surface area contributed by atoms with Crippen molar-refractivity contribution in [2.45, 2.75) is 6.92 Å². The molecule has 0 unspecified atom stereocenters. The quantitative estimate of drug-likeness (QED) is 0.755. The molecule has 0 fully saturated rings. The highest BCUT2D eigenvalue weighted by molar-refractivity contribution is 9.10. The van der Waals surface area contributed by atoms with Crippen LogP contribution in [-0.4, -0.2) is 18.3 Å². The smallest absolute Gasteiger partial charge is 0.254 e. The van der Waals surface area contributed by atoms with Crippen molar-refractivity contribution in [3.63, 3.8) is 0 Å². The zero-order chi connectivity index (χ0) is 10.1. The minimum atomic E-state index is 0.0283. The summed E-state index contributed by atoms with van der Waals surface area (Å²) < 4.78 is 0.961. The van der Waals surface area contributed by atoms with Crippen molar-refractivity contribution < 1.29 is 4.79 Å². The van der Waals surface area contributed by atoms with E-state index in [0.29, 0.717) is 0 Å². The molecule has 0 saturated heterocycles. The van der Waals surface area contributed by atoms with Crippen molar-refractivity contribution in [1.82, 2.24) is 0 Å². The third-order valence-corrected chi connectivity index (χ3v) is 2.58. The van der Waals surface area contributed by atoms with E-state index in [4.69, 9.17) is 0 Å². The Bertz CT molecular complexity index is 414. The van der Waals surface area contributed by atoms with Crippen LogP contribution in [-0.2, 0) is 4.79 Å². The second kappa shape index (κ2) is 3.53. The van der Waals surface area contributed by atoms with E-state index in [0.717, 1.165) is 16.0 Å². The minimum Gasteiger partial charge on any atom is -0.272 e. The summed E-state index contributed by atoms with van der Waals surface area (Å²) >= 11 is 3.37. The summed E-state index contributed by atoms with van der Waals surface area (Å²) in [5.41, 5.74) is 0.864. The first-order valence-electron chi connectivity index (χ1n) is 4.28. The number of nitrogens with zero attached hydrogens (tertiary/aromatic N) is 2. The lowest BCUT2D eigenvalue weighted by molar-refractivity contribution is -0.115. The fraction of sp³-hybridized carbons (Fsp3) is 0.200. The van der Waals surface area contributed by atoms with Crippen LogP contribution in [0.1, 0.15) is 6.92 Å². The maximum Gasteiger partial charge on any atom is 0.254 e. The summed E-state index contributed by atoms with van der Waals surface area (Å²) in [5.74, 6) is 0.786. The van der Waals surface area contributed by atoms with Crippen LogP contribution in [0.2, 0.25) is 0 Å². The predicted molar refractivity (Wildman–Crippen MR) is 59.6 cm³/mol. The molecule has 1 aromatic carbocycles. The zero-order valence-corrected chi connectivity index (χ0v) is 9.28. The fourth-order valence-electron chi connectivity index (χ4n) is 1.45. The van der Waals surface area contributed by atoms with Crippen molar-refractivity contribution in [1.29, 1.82) is 0 Å². The zero-order valence-electron chi connectivity index (χ0n) is 7.70. The molecule has 1 aromatic rings. The molecule has 1 aliphatic rings. The second-order valence-electron chi connectivity index (χ2n) is 3.07. The molecule has 1 amide bonds. The summed E-state index contributed by atoms with van der Waals surface area (Å²) in [5, 5.41) is 0. The van der Waals surface area contributed by atoms with Crippen LogP contribution in [0, 0.1) is 0 Å². The number of carbonyl (C=O) groups excluding carboxylic acids is 1. The Morgan fingerprint density at radius 3 is 2.86 bits per heavy atom. The van der Waals surface area contributed by atoms with Crippen LogP contribution in [0.5, 0.6) is 0 Å². The van der Waals surface area contributed by atoms with Gasteiger partial charge in [0, 0.05) is 4.47 Å². The van der Waals surface area contributed by atoms with E-state index < -0.39 is 0 Å². The average molecular weight is 253 g/mol. The third-order valence-electron chi connectivity index (χ3n) is 2.08. The van der Waals surface area contributed by atoms with Gasteiger partial charge in [0.2, 0.25) is 0 Å². The molecular formula is C10H9BrN2O. The fourth-order valence-corrected chi connectivity index (χ4v) is 1.84. The molecule has 0 N–H and O–H groups in total. The lowest BCUT2D eigenvalue weighted by atomic mass is 10.3. The molecule has 2 rings (SSSR count). The van der Waals surface area contributed by atoms with Crippen molar-refractivity contribution in [3.8, 4) is 0 Å². The third kappa shape index (κ3) is 1.57. The number of benzene rings is 1. The standard InChI is InChI=1S/C10H9BrN2O/c1-7-12-6-10(14)13(7)9-4-2-3-8(11)5-9/h2-5H,6H2,1H3. The molecule has 0 spiro atoms. The van der Waals surface area contributed by atoms with E-state index in [1.807, 2.05) is 31.2 Å². The number of anilines is 1. The molecule has 0 atom stereocenters. The first kappa shape index (κ1) is 9.40. The molecule has 0 radical (unpaired) electrons. The first-order chi connectivity index (χ1) is 6.68. The number of halogens is 1. The van der Waals surface area contributed by atoms with Crippen LogP contribution in [0.3, 0.4) is 0 Å². The van der Waals surface area contributed by atoms with Crippen molar-refractivity contribution >= 4 is 33.4 Å². The Balaban J connectivity index is 2.40. The van der Waals surface area contributed by atoms with Gasteiger partial charge < -0.3 is 0 Å². The van der Waals surface area contributed by atoms with Gasteiger partial charge in [-0.25, -0.2) is 0 Å². The lowest BCUT2D eigenvalue weighted by Crippen LogP contribution is -2.30. The highest BCUT2D eigenvalue weighted by Gasteiger charge is 2.23. The molecule has 0 aromatic heterocycles. The molecule has 3 nitrogen and oxygen atoms in total. The van der Waals surface area contributed by atoms with Gasteiger partial charge in [0.05, 0.1) is 5.69 Å². The molecule has 0 bridgehead atoms.